The lowest BCUT2D eigenvalue weighted by molar-refractivity contribution is -0.116. The molecule has 5 rings (SSSR count). The highest BCUT2D eigenvalue weighted by atomic mass is 79.9. The van der Waals surface area contributed by atoms with Gasteiger partial charge in [0.15, 0.2) is 5.78 Å². The highest BCUT2D eigenvalue weighted by molar-refractivity contribution is 9.10. The molecule has 0 saturated carbocycles. The molecule has 0 saturated heterocycles. The fourth-order valence-corrected chi connectivity index (χ4v) is 4.62. The van der Waals surface area contributed by atoms with Crippen LogP contribution in [-0.4, -0.2) is 11.8 Å². The molecule has 0 radical (unpaired) electrons. The molecule has 156 valence electrons. The van der Waals surface area contributed by atoms with E-state index in [-0.39, 0.29) is 11.8 Å². The molecule has 2 amide bonds. The number of anilines is 3. The summed E-state index contributed by atoms with van der Waals surface area (Å²) in [5, 5.41) is 6.41. The molecule has 1 aliphatic carbocycles. The number of hydrogen-bond donors (Lipinski definition) is 2. The lowest BCUT2D eigenvalue weighted by atomic mass is 9.88. The molecule has 2 N–H and O–H groups in total. The Bertz CT molecular complexity index is 1190. The van der Waals surface area contributed by atoms with Gasteiger partial charge in [0.25, 0.3) is 0 Å². The molecule has 6 nitrogen and oxygen atoms in total. The third kappa shape index (κ3) is 3.65. The van der Waals surface area contributed by atoms with Crippen LogP contribution in [0.3, 0.4) is 0 Å². The summed E-state index contributed by atoms with van der Waals surface area (Å²) >= 11 is 3.44. The predicted molar refractivity (Wildman–Crippen MR) is 123 cm³/mol. The predicted octanol–water partition coefficient (Wildman–Crippen LogP) is 6.25. The first kappa shape index (κ1) is 19.6. The number of ketones is 1. The van der Waals surface area contributed by atoms with Gasteiger partial charge < -0.3 is 15.1 Å². The topological polar surface area (TPSA) is 74.6 Å². The van der Waals surface area contributed by atoms with Crippen molar-refractivity contribution in [1.29, 1.82) is 0 Å². The van der Waals surface area contributed by atoms with E-state index in [4.69, 9.17) is 4.42 Å². The maximum absolute atomic E-state index is 13.7. The van der Waals surface area contributed by atoms with Crippen molar-refractivity contribution in [1.82, 2.24) is 0 Å². The van der Waals surface area contributed by atoms with E-state index in [0.29, 0.717) is 29.1 Å². The minimum absolute atomic E-state index is 0.0308. The number of halogens is 1. The minimum atomic E-state index is -0.666. The maximum atomic E-state index is 13.7. The van der Waals surface area contributed by atoms with Crippen LogP contribution in [0.2, 0.25) is 0 Å². The van der Waals surface area contributed by atoms with Crippen molar-refractivity contribution < 1.29 is 14.0 Å². The first-order chi connectivity index (χ1) is 15.1. The second kappa shape index (κ2) is 8.07. The van der Waals surface area contributed by atoms with E-state index < -0.39 is 6.04 Å². The van der Waals surface area contributed by atoms with E-state index >= 15 is 0 Å². The fraction of sp³-hybridized carbons (Fsp3) is 0.167. The Balaban J connectivity index is 1.68. The molecule has 1 atom stereocenters. The van der Waals surface area contributed by atoms with E-state index in [1.54, 1.807) is 17.2 Å². The molecule has 2 heterocycles. The third-order valence-electron chi connectivity index (χ3n) is 5.54. The van der Waals surface area contributed by atoms with Gasteiger partial charge in [-0.25, -0.2) is 4.79 Å². The zero-order valence-electron chi connectivity index (χ0n) is 16.6. The molecule has 1 aliphatic heterocycles. The van der Waals surface area contributed by atoms with Gasteiger partial charge in [-0.2, -0.15) is 0 Å². The second-order valence-corrected chi connectivity index (χ2v) is 8.46. The summed E-state index contributed by atoms with van der Waals surface area (Å²) in [4.78, 5) is 28.4. The van der Waals surface area contributed by atoms with Gasteiger partial charge in [-0.15, -0.1) is 0 Å². The number of benzene rings is 2. The van der Waals surface area contributed by atoms with Crippen LogP contribution in [0.4, 0.5) is 21.9 Å². The molecule has 3 aromatic rings. The molecule has 0 spiro atoms. The lowest BCUT2D eigenvalue weighted by Gasteiger charge is -2.32. The number of furan rings is 1. The van der Waals surface area contributed by atoms with Crippen LogP contribution in [0.25, 0.3) is 0 Å². The number of amides is 2. The zero-order chi connectivity index (χ0) is 21.4. The Labute approximate surface area is 188 Å². The van der Waals surface area contributed by atoms with Gasteiger partial charge >= 0.3 is 6.03 Å². The summed E-state index contributed by atoms with van der Waals surface area (Å²) in [7, 11) is 0. The molecular weight excluding hydrogens is 458 g/mol. The normalized spacial score (nSPS) is 18.0. The monoisotopic (exact) mass is 477 g/mol. The molecule has 31 heavy (non-hydrogen) atoms. The van der Waals surface area contributed by atoms with Crippen molar-refractivity contribution in [3.05, 3.63) is 88.4 Å². The summed E-state index contributed by atoms with van der Waals surface area (Å²) in [5.74, 6) is 0.578. The van der Waals surface area contributed by atoms with Crippen LogP contribution in [0.1, 0.15) is 31.1 Å². The van der Waals surface area contributed by atoms with Crippen molar-refractivity contribution in [2.24, 2.45) is 0 Å². The average molecular weight is 478 g/mol. The van der Waals surface area contributed by atoms with Crippen LogP contribution in [-0.2, 0) is 4.79 Å². The summed E-state index contributed by atoms with van der Waals surface area (Å²) < 4.78 is 6.61. The highest BCUT2D eigenvalue weighted by Gasteiger charge is 2.41. The Morgan fingerprint density at radius 1 is 1.10 bits per heavy atom. The zero-order valence-corrected chi connectivity index (χ0v) is 18.2. The van der Waals surface area contributed by atoms with Gasteiger partial charge in [-0.1, -0.05) is 34.1 Å². The molecule has 0 bridgehead atoms. The SMILES string of the molecule is O=C1CCCC2=C1[C@@H](c1ccco1)N(C(=O)Nc1cccc(Br)c1)c1ccccc1N2. The van der Waals surface area contributed by atoms with Gasteiger partial charge in [0.2, 0.25) is 0 Å². The number of allylic oxidation sites excluding steroid dienone is 1. The molecule has 2 aliphatic rings. The molecule has 0 fully saturated rings. The summed E-state index contributed by atoms with van der Waals surface area (Å²) in [6.07, 6.45) is 3.54. The quantitative estimate of drug-likeness (QED) is 0.456. The summed E-state index contributed by atoms with van der Waals surface area (Å²) in [5.41, 5.74) is 3.54. The van der Waals surface area contributed by atoms with Gasteiger partial charge in [0, 0.05) is 27.9 Å². The molecule has 0 unspecified atom stereocenters. The number of fused-ring (bicyclic) bond motifs is 1. The van der Waals surface area contributed by atoms with E-state index in [1.165, 1.54) is 0 Å². The van der Waals surface area contributed by atoms with Crippen molar-refractivity contribution >= 4 is 44.8 Å². The molecule has 2 aromatic carbocycles. The lowest BCUT2D eigenvalue weighted by Crippen LogP contribution is -2.40. The Morgan fingerprint density at radius 2 is 1.97 bits per heavy atom. The number of carbonyl (C=O) groups excluding carboxylic acids is 2. The number of nitrogens with zero attached hydrogens (tertiary/aromatic N) is 1. The van der Waals surface area contributed by atoms with Crippen LogP contribution in [0, 0.1) is 0 Å². The van der Waals surface area contributed by atoms with Gasteiger partial charge in [0.05, 0.1) is 17.6 Å². The number of para-hydroxylation sites is 2. The van der Waals surface area contributed by atoms with Crippen LogP contribution in [0.5, 0.6) is 0 Å². The van der Waals surface area contributed by atoms with Crippen molar-refractivity contribution in [2.45, 2.75) is 25.3 Å². The van der Waals surface area contributed by atoms with Crippen molar-refractivity contribution in [3.8, 4) is 0 Å². The number of urea groups is 1. The smallest absolute Gasteiger partial charge is 0.327 e. The Morgan fingerprint density at radius 3 is 2.77 bits per heavy atom. The Kier molecular flexibility index (Phi) is 5.11. The number of rotatable bonds is 2. The standard InChI is InChI=1S/C24H20BrN3O3/c25-15-6-3-7-16(14-15)26-24(30)28-19-10-2-1-8-17(19)27-18-9-4-11-20(29)22(18)23(28)21-12-5-13-31-21/h1-3,5-8,10,12-14,23,27H,4,9,11H2,(H,26,30)/t23-/m1/s1. The second-order valence-electron chi connectivity index (χ2n) is 7.54. The maximum Gasteiger partial charge on any atom is 0.327 e. The van der Waals surface area contributed by atoms with Crippen LogP contribution >= 0.6 is 15.9 Å². The number of carbonyl (C=O) groups is 2. The first-order valence-electron chi connectivity index (χ1n) is 10.1. The van der Waals surface area contributed by atoms with Gasteiger partial charge in [0.1, 0.15) is 11.8 Å². The Hall–Kier alpha value is -3.32. The molecule has 7 heteroatoms. The number of Topliss-reactive ketones (excluding diaryl/α,β-unsaturated/α-hetero) is 1. The minimum Gasteiger partial charge on any atom is -0.467 e. The molecular formula is C24H20BrN3O3. The van der Waals surface area contributed by atoms with Crippen LogP contribution < -0.4 is 15.5 Å². The van der Waals surface area contributed by atoms with Gasteiger partial charge in [-0.3, -0.25) is 9.69 Å². The summed E-state index contributed by atoms with van der Waals surface area (Å²) in [6.45, 7) is 0. The third-order valence-corrected chi connectivity index (χ3v) is 6.04. The van der Waals surface area contributed by atoms with Crippen molar-refractivity contribution in [3.63, 3.8) is 0 Å². The number of nitrogens with one attached hydrogen (secondary N) is 2. The van der Waals surface area contributed by atoms with E-state index in [9.17, 15) is 9.59 Å². The largest absolute Gasteiger partial charge is 0.467 e. The van der Waals surface area contributed by atoms with Crippen molar-refractivity contribution in [2.75, 3.05) is 15.5 Å². The fourth-order valence-electron chi connectivity index (χ4n) is 4.22. The highest BCUT2D eigenvalue weighted by Crippen LogP contribution is 2.45. The first-order valence-corrected chi connectivity index (χ1v) is 10.9. The van der Waals surface area contributed by atoms with Gasteiger partial charge in [-0.05, 0) is 55.3 Å². The summed E-state index contributed by atoms with van der Waals surface area (Å²) in [6, 6.07) is 17.6. The van der Waals surface area contributed by atoms with Crippen LogP contribution in [0.15, 0.2) is 87.1 Å². The molecule has 1 aromatic heterocycles. The van der Waals surface area contributed by atoms with E-state index in [2.05, 4.69) is 26.6 Å². The number of hydrogen-bond acceptors (Lipinski definition) is 4. The average Bonchev–Trinajstić information content (AvgIpc) is 3.23. The van der Waals surface area contributed by atoms with E-state index in [1.807, 2.05) is 54.6 Å². The van der Waals surface area contributed by atoms with E-state index in [0.717, 1.165) is 28.7 Å².